The summed E-state index contributed by atoms with van der Waals surface area (Å²) in [7, 11) is 0. The highest BCUT2D eigenvalue weighted by molar-refractivity contribution is 6.04. The van der Waals surface area contributed by atoms with Gasteiger partial charge in [0.15, 0.2) is 17.1 Å². The number of carbonyl (C=O) groups excluding carboxylic acids is 1. The molecule has 0 saturated carbocycles. The number of rotatable bonds is 9. The van der Waals surface area contributed by atoms with Crippen molar-refractivity contribution in [2.24, 2.45) is 10.9 Å². The Labute approximate surface area is 240 Å². The second kappa shape index (κ2) is 12.8. The first-order valence-electron chi connectivity index (χ1n) is 13.7. The van der Waals surface area contributed by atoms with Crippen molar-refractivity contribution in [3.63, 3.8) is 0 Å². The molecule has 1 aromatic heterocycles. The van der Waals surface area contributed by atoms with Gasteiger partial charge in [-0.2, -0.15) is 0 Å². The molecule has 0 aliphatic carbocycles. The molecule has 2 N–H and O–H groups in total. The molecule has 0 unspecified atom stereocenters. The second-order valence-electron chi connectivity index (χ2n) is 10.4. The van der Waals surface area contributed by atoms with Crippen LogP contribution in [-0.4, -0.2) is 42.9 Å². The number of fused-ring (bicyclic) bond motifs is 1. The molecule has 0 radical (unpaired) electrons. The van der Waals surface area contributed by atoms with Crippen molar-refractivity contribution >= 4 is 34.0 Å². The lowest BCUT2D eigenvalue weighted by Crippen LogP contribution is -2.36. The molecular weight excluding hydrogens is 518 g/mol. The minimum Gasteiger partial charge on any atom is -0.508 e. The van der Waals surface area contributed by atoms with Crippen molar-refractivity contribution in [2.45, 2.75) is 34.6 Å². The predicted molar refractivity (Wildman–Crippen MR) is 166 cm³/mol. The van der Waals surface area contributed by atoms with Crippen molar-refractivity contribution < 1.29 is 19.1 Å². The third-order valence-electron chi connectivity index (χ3n) is 6.92. The van der Waals surface area contributed by atoms with Gasteiger partial charge in [-0.05, 0) is 67.8 Å². The maximum atomic E-state index is 12.9. The van der Waals surface area contributed by atoms with Gasteiger partial charge in [0.1, 0.15) is 17.2 Å². The molecule has 0 amide bonds. The largest absolute Gasteiger partial charge is 0.508 e. The van der Waals surface area contributed by atoms with Crippen molar-refractivity contribution in [1.82, 2.24) is 0 Å². The van der Waals surface area contributed by atoms with Gasteiger partial charge < -0.3 is 24.5 Å². The number of morpholine rings is 1. The molecule has 1 fully saturated rings. The Morgan fingerprint density at radius 2 is 1.80 bits per heavy atom. The lowest BCUT2D eigenvalue weighted by Gasteiger charge is -2.27. The van der Waals surface area contributed by atoms with Gasteiger partial charge in [0.25, 0.3) is 0 Å². The minimum absolute atomic E-state index is 0.0153. The number of nitrogens with zero attached hydrogens (tertiary/aromatic N) is 2. The number of benzene rings is 2. The van der Waals surface area contributed by atoms with Crippen LogP contribution in [-0.2, 0) is 9.53 Å². The Morgan fingerprint density at radius 1 is 1.12 bits per heavy atom. The zero-order valence-corrected chi connectivity index (χ0v) is 24.3. The maximum Gasteiger partial charge on any atom is 0.200 e. The van der Waals surface area contributed by atoms with Crippen LogP contribution in [0.5, 0.6) is 5.75 Å². The normalized spacial score (nSPS) is 15.0. The fourth-order valence-corrected chi connectivity index (χ4v) is 4.74. The average molecular weight is 556 g/mol. The van der Waals surface area contributed by atoms with Crippen molar-refractivity contribution in [2.75, 3.05) is 36.5 Å². The summed E-state index contributed by atoms with van der Waals surface area (Å²) in [6.07, 6.45) is 3.77. The van der Waals surface area contributed by atoms with Crippen LogP contribution >= 0.6 is 0 Å². The van der Waals surface area contributed by atoms with E-state index in [1.54, 1.807) is 6.07 Å². The van der Waals surface area contributed by atoms with Crippen LogP contribution < -0.4 is 15.6 Å². The summed E-state index contributed by atoms with van der Waals surface area (Å²) in [5.74, 6) is 0.949. The molecule has 2 heterocycles. The third-order valence-corrected chi connectivity index (χ3v) is 6.92. The van der Waals surface area contributed by atoms with Crippen LogP contribution in [0.15, 0.2) is 92.4 Å². The van der Waals surface area contributed by atoms with E-state index in [0.717, 1.165) is 22.5 Å². The number of ether oxygens (including phenoxy) is 1. The van der Waals surface area contributed by atoms with Crippen LogP contribution in [0.1, 0.15) is 34.6 Å². The smallest absolute Gasteiger partial charge is 0.200 e. The molecular formula is C33H37N3O5. The van der Waals surface area contributed by atoms with Crippen LogP contribution in [0.2, 0.25) is 0 Å². The van der Waals surface area contributed by atoms with Crippen molar-refractivity contribution in [3.8, 4) is 16.9 Å². The SMILES string of the molecule is C=C(\N=C(C)/C(=C\C)/C=C(\C)C(=O)C(C)C)Nc1ccc(-c2cc(O)cc3c(=O)cc(N4CCOCC4)oc23)cc1. The molecule has 8 nitrogen and oxygen atoms in total. The zero-order valence-electron chi connectivity index (χ0n) is 24.3. The van der Waals surface area contributed by atoms with Crippen molar-refractivity contribution in [3.05, 3.63) is 88.4 Å². The number of hydrogen-bond acceptors (Lipinski definition) is 8. The number of aliphatic imine (C=N–C) groups is 1. The molecule has 41 heavy (non-hydrogen) atoms. The summed E-state index contributed by atoms with van der Waals surface area (Å²) in [4.78, 5) is 31.8. The van der Waals surface area contributed by atoms with Crippen LogP contribution in [0, 0.1) is 5.92 Å². The van der Waals surface area contributed by atoms with Gasteiger partial charge in [-0.25, -0.2) is 4.99 Å². The fourth-order valence-electron chi connectivity index (χ4n) is 4.74. The van der Waals surface area contributed by atoms with E-state index < -0.39 is 0 Å². The van der Waals surface area contributed by atoms with Gasteiger partial charge in [0.05, 0.1) is 18.6 Å². The van der Waals surface area contributed by atoms with Crippen LogP contribution in [0.25, 0.3) is 22.1 Å². The molecule has 1 saturated heterocycles. The highest BCUT2D eigenvalue weighted by atomic mass is 16.5. The number of phenols is 1. The Kier molecular flexibility index (Phi) is 9.24. The number of anilines is 2. The maximum absolute atomic E-state index is 12.9. The van der Waals surface area contributed by atoms with Gasteiger partial charge in [-0.1, -0.05) is 38.6 Å². The number of aromatic hydroxyl groups is 1. The summed E-state index contributed by atoms with van der Waals surface area (Å²) in [6.45, 7) is 15.8. The number of phenolic OH excluding ortho intramolecular Hbond substituents is 1. The molecule has 2 aromatic carbocycles. The third kappa shape index (κ3) is 7.02. The first-order chi connectivity index (χ1) is 19.6. The van der Waals surface area contributed by atoms with E-state index in [9.17, 15) is 14.7 Å². The van der Waals surface area contributed by atoms with E-state index in [-0.39, 0.29) is 22.9 Å². The summed E-state index contributed by atoms with van der Waals surface area (Å²) >= 11 is 0. The van der Waals surface area contributed by atoms with E-state index in [4.69, 9.17) is 9.15 Å². The first-order valence-corrected chi connectivity index (χ1v) is 13.7. The van der Waals surface area contributed by atoms with E-state index in [1.165, 1.54) is 12.1 Å². The number of carbonyl (C=O) groups is 1. The van der Waals surface area contributed by atoms with Gasteiger partial charge in [-0.15, -0.1) is 0 Å². The zero-order chi connectivity index (χ0) is 29.7. The van der Waals surface area contributed by atoms with Gasteiger partial charge in [0.2, 0.25) is 0 Å². The lowest BCUT2D eigenvalue weighted by atomic mass is 9.99. The molecule has 3 aromatic rings. The Hall–Kier alpha value is -4.43. The predicted octanol–water partition coefficient (Wildman–Crippen LogP) is 6.46. The molecule has 1 aliphatic heterocycles. The fraction of sp³-hybridized carbons (Fsp3) is 0.303. The molecule has 8 heteroatoms. The minimum atomic E-state index is -0.216. The second-order valence-corrected chi connectivity index (χ2v) is 10.4. The van der Waals surface area contributed by atoms with Gasteiger partial charge in [-0.3, -0.25) is 9.59 Å². The highest BCUT2D eigenvalue weighted by Gasteiger charge is 2.18. The van der Waals surface area contributed by atoms with Gasteiger partial charge in [0, 0.05) is 42.0 Å². The van der Waals surface area contributed by atoms with Crippen LogP contribution in [0.4, 0.5) is 11.6 Å². The Balaban J connectivity index is 1.57. The quantitative estimate of drug-likeness (QED) is 0.177. The monoisotopic (exact) mass is 555 g/mol. The Bertz CT molecular complexity index is 1600. The summed E-state index contributed by atoms with van der Waals surface area (Å²) in [6, 6.07) is 12.0. The number of allylic oxidation sites excluding steroid dienone is 4. The van der Waals surface area contributed by atoms with E-state index in [0.29, 0.717) is 60.1 Å². The number of ketones is 1. The standard InChI is InChI=1S/C33H37N3O5/c1-7-24(16-21(4)32(39)20(2)3)22(5)34-23(6)35-26-10-8-25(9-11-26)28-17-27(37)18-29-30(38)19-31(41-33(28)29)36-12-14-40-15-13-36/h7-11,16-20,35,37H,6,12-15H2,1-5H3/b21-16+,24-7-,34-22-. The molecule has 4 rings (SSSR count). The van der Waals surface area contributed by atoms with Crippen molar-refractivity contribution in [1.29, 1.82) is 0 Å². The first kappa shape index (κ1) is 29.6. The Morgan fingerprint density at radius 3 is 2.44 bits per heavy atom. The summed E-state index contributed by atoms with van der Waals surface area (Å²) < 4.78 is 11.7. The summed E-state index contributed by atoms with van der Waals surface area (Å²) in [5, 5.41) is 13.9. The number of Topliss-reactive ketones (excluding diaryl/α,β-unsaturated/α-hetero) is 1. The lowest BCUT2D eigenvalue weighted by molar-refractivity contribution is -0.118. The van der Waals surface area contributed by atoms with Gasteiger partial charge >= 0.3 is 0 Å². The molecule has 0 spiro atoms. The number of nitrogens with one attached hydrogen (secondary N) is 1. The van der Waals surface area contributed by atoms with Crippen LogP contribution in [0.3, 0.4) is 0 Å². The average Bonchev–Trinajstić information content (AvgIpc) is 2.96. The van der Waals surface area contributed by atoms with E-state index in [2.05, 4.69) is 16.9 Å². The summed E-state index contributed by atoms with van der Waals surface area (Å²) in [5.41, 5.74) is 4.62. The molecule has 0 bridgehead atoms. The highest BCUT2D eigenvalue weighted by Crippen LogP contribution is 2.34. The molecule has 0 atom stereocenters. The molecule has 1 aliphatic rings. The number of hydrogen-bond donors (Lipinski definition) is 2. The molecule has 214 valence electrons. The topological polar surface area (TPSA) is 104 Å². The van der Waals surface area contributed by atoms with E-state index in [1.807, 2.05) is 75.9 Å². The van der Waals surface area contributed by atoms with E-state index >= 15 is 0 Å².